The lowest BCUT2D eigenvalue weighted by Gasteiger charge is -2.08. The van der Waals surface area contributed by atoms with Crippen LogP contribution >= 0.6 is 0 Å². The van der Waals surface area contributed by atoms with Gasteiger partial charge in [-0.05, 0) is 107 Å². The molecule has 0 aliphatic heterocycles. The molecule has 256 valence electrons. The number of benzene rings is 3. The van der Waals surface area contributed by atoms with Crippen molar-refractivity contribution in [2.45, 2.75) is 91.3 Å². The van der Waals surface area contributed by atoms with Gasteiger partial charge in [0.15, 0.2) is 0 Å². The topological polar surface area (TPSA) is 189 Å². The predicted molar refractivity (Wildman–Crippen MR) is 184 cm³/mol. The fourth-order valence-corrected chi connectivity index (χ4v) is 3.67. The summed E-state index contributed by atoms with van der Waals surface area (Å²) in [6, 6.07) is 16.7. The Morgan fingerprint density at radius 2 is 1.23 bits per heavy atom. The van der Waals surface area contributed by atoms with Gasteiger partial charge in [-0.25, -0.2) is 0 Å². The molecule has 0 spiro atoms. The molecule has 0 atom stereocenters. The zero-order chi connectivity index (χ0) is 35.1. The van der Waals surface area contributed by atoms with Crippen molar-refractivity contribution in [1.29, 1.82) is 0 Å². The maximum atomic E-state index is 12.7. The van der Waals surface area contributed by atoms with Gasteiger partial charge in [0.05, 0.1) is 27.8 Å². The zero-order valence-electron chi connectivity index (χ0n) is 27.8. The fourth-order valence-electron chi connectivity index (χ4n) is 3.67. The minimum absolute atomic E-state index is 0.169. The van der Waals surface area contributed by atoms with Gasteiger partial charge in [-0.3, -0.25) is 25.0 Å². The Labute approximate surface area is 275 Å². The van der Waals surface area contributed by atoms with E-state index in [1.807, 2.05) is 25.1 Å². The Morgan fingerprint density at radius 3 is 1.62 bits per heavy atom. The van der Waals surface area contributed by atoms with E-state index in [0.717, 1.165) is 41.9 Å². The Bertz CT molecular complexity index is 1490. The number of esters is 1. The second-order valence-corrected chi connectivity index (χ2v) is 11.7. The summed E-state index contributed by atoms with van der Waals surface area (Å²) in [7, 11) is 0. The van der Waals surface area contributed by atoms with Gasteiger partial charge in [0.2, 0.25) is 5.82 Å². The van der Waals surface area contributed by atoms with Gasteiger partial charge in [-0.15, -0.1) is 0 Å². The molecule has 3 aliphatic rings. The molecule has 12 nitrogen and oxygen atoms in total. The summed E-state index contributed by atoms with van der Waals surface area (Å²) in [6.45, 7) is 9.34. The van der Waals surface area contributed by atoms with Gasteiger partial charge in [0.1, 0.15) is 5.69 Å². The quantitative estimate of drug-likeness (QED) is 0.0867. The highest BCUT2D eigenvalue weighted by Crippen LogP contribution is 2.31. The van der Waals surface area contributed by atoms with E-state index in [1.54, 1.807) is 26.0 Å². The molecule has 0 bridgehead atoms. The van der Waals surface area contributed by atoms with Crippen LogP contribution in [0.2, 0.25) is 0 Å². The van der Waals surface area contributed by atoms with Gasteiger partial charge in [-0.1, -0.05) is 18.2 Å². The first kappa shape index (κ1) is 38.4. The lowest BCUT2D eigenvalue weighted by molar-refractivity contribution is -0.387. The number of nitrogens with one attached hydrogen (secondary N) is 2. The number of halogens is 1. The number of hydrogen-bond donors (Lipinski definition) is 4. The fraction of sp³-hybridized carbons (Fsp3) is 0.441. The molecule has 3 aliphatic carbocycles. The summed E-state index contributed by atoms with van der Waals surface area (Å²) in [5, 5.41) is 27.4. The van der Waals surface area contributed by atoms with Crippen molar-refractivity contribution in [2.75, 3.05) is 23.0 Å². The maximum Gasteiger partial charge on any atom is 0.304 e. The summed E-state index contributed by atoms with van der Waals surface area (Å²) < 4.78 is 17.1. The number of nitrogen functional groups attached to an aromatic ring is 1. The standard InChI is InChI=1S/C10H12N2O2.C10H14N2.C7H6FNO2.C4H8O2.C3H7N/c1-7-2-5-10(12(13)14)9(6-7)11-8-3-4-8;1-7-2-5-9(11)10(6-7)12-8-3-4-8;1-5-2-3-7(9(10)11)6(8)4-5;1-3-6-4(2)5;4-3-1-2-3/h2,5-6,8,11H,3-4H2,1H3;2,5-6,8,12H,3-4,11H2,1H3;2-4H,1H3;3H2,1-2H3;3H,1-2,4H2. The number of nitro groups is 2. The third kappa shape index (κ3) is 16.4. The largest absolute Gasteiger partial charge is 0.466 e. The van der Waals surface area contributed by atoms with E-state index in [0.29, 0.717) is 36.0 Å². The number of nitro benzene ring substituents is 2. The second kappa shape index (κ2) is 19.0. The number of carbonyl (C=O) groups excluding carboxylic acids is 1. The first-order valence-electron chi connectivity index (χ1n) is 15.6. The first-order chi connectivity index (χ1) is 22.2. The molecule has 3 aromatic carbocycles. The van der Waals surface area contributed by atoms with Gasteiger partial charge < -0.3 is 26.8 Å². The highest BCUT2D eigenvalue weighted by molar-refractivity contribution is 5.67. The van der Waals surface area contributed by atoms with Crippen LogP contribution < -0.4 is 22.1 Å². The minimum Gasteiger partial charge on any atom is -0.466 e. The van der Waals surface area contributed by atoms with Gasteiger partial charge in [0.25, 0.3) is 5.69 Å². The smallest absolute Gasteiger partial charge is 0.304 e. The van der Waals surface area contributed by atoms with Crippen molar-refractivity contribution >= 4 is 34.4 Å². The molecular weight excluding hydrogens is 607 g/mol. The first-order valence-corrected chi connectivity index (χ1v) is 15.6. The van der Waals surface area contributed by atoms with Crippen LogP contribution in [0.3, 0.4) is 0 Å². The van der Waals surface area contributed by atoms with Crippen LogP contribution in [-0.4, -0.2) is 40.5 Å². The number of nitrogens with two attached hydrogens (primary N) is 2. The summed E-state index contributed by atoms with van der Waals surface area (Å²) in [4.78, 5) is 29.5. The lowest BCUT2D eigenvalue weighted by atomic mass is 10.2. The Balaban J connectivity index is 0.000000215. The highest BCUT2D eigenvalue weighted by Gasteiger charge is 2.24. The predicted octanol–water partition coefficient (Wildman–Crippen LogP) is 7.35. The Hall–Kier alpha value is -4.78. The van der Waals surface area contributed by atoms with E-state index in [1.165, 1.54) is 44.2 Å². The van der Waals surface area contributed by atoms with Crippen molar-refractivity contribution in [2.24, 2.45) is 5.73 Å². The lowest BCUT2D eigenvalue weighted by Crippen LogP contribution is -2.04. The van der Waals surface area contributed by atoms with Crippen molar-refractivity contribution in [3.63, 3.8) is 0 Å². The van der Waals surface area contributed by atoms with Crippen LogP contribution in [0.4, 0.5) is 32.8 Å². The van der Waals surface area contributed by atoms with E-state index in [2.05, 4.69) is 28.4 Å². The molecule has 13 heteroatoms. The second-order valence-electron chi connectivity index (χ2n) is 11.7. The number of nitrogens with zero attached hydrogens (tertiary/aromatic N) is 2. The SMILES string of the molecule is CCOC(C)=O.Cc1ccc(N)c(NC2CC2)c1.Cc1ccc([N+](=O)[O-])c(F)c1.Cc1ccc([N+](=O)[O-])c(NC2CC2)c1.NC1CC1. The molecule has 3 fully saturated rings. The summed E-state index contributed by atoms with van der Waals surface area (Å²) in [5.41, 5.74) is 16.3. The van der Waals surface area contributed by atoms with Crippen LogP contribution in [0.1, 0.15) is 69.1 Å². The highest BCUT2D eigenvalue weighted by atomic mass is 19.1. The summed E-state index contributed by atoms with van der Waals surface area (Å²) in [5.74, 6) is -0.993. The molecule has 0 aromatic heterocycles. The Morgan fingerprint density at radius 1 is 0.809 bits per heavy atom. The van der Waals surface area contributed by atoms with Crippen molar-refractivity contribution in [3.05, 3.63) is 97.3 Å². The molecule has 0 unspecified atom stereocenters. The average molecular weight is 655 g/mol. The number of hydrogen-bond acceptors (Lipinski definition) is 10. The zero-order valence-corrected chi connectivity index (χ0v) is 27.8. The molecule has 6 rings (SSSR count). The van der Waals surface area contributed by atoms with Crippen molar-refractivity contribution < 1.29 is 23.8 Å². The number of anilines is 3. The number of aryl methyl sites for hydroxylation is 3. The van der Waals surface area contributed by atoms with E-state index in [4.69, 9.17) is 11.5 Å². The molecule has 3 saturated carbocycles. The molecule has 0 saturated heterocycles. The van der Waals surface area contributed by atoms with Crippen LogP contribution in [0, 0.1) is 46.8 Å². The molecule has 0 heterocycles. The Kier molecular flexibility index (Phi) is 15.5. The van der Waals surface area contributed by atoms with E-state index in [9.17, 15) is 29.4 Å². The third-order valence-corrected chi connectivity index (χ3v) is 6.70. The van der Waals surface area contributed by atoms with E-state index < -0.39 is 16.4 Å². The van der Waals surface area contributed by atoms with Crippen molar-refractivity contribution in [3.8, 4) is 0 Å². The average Bonchev–Trinajstić information content (AvgIpc) is 3.83. The molecule has 6 N–H and O–H groups in total. The maximum absolute atomic E-state index is 12.7. The number of carbonyl (C=O) groups is 1. The molecular formula is C34H47FN6O6. The van der Waals surface area contributed by atoms with Crippen LogP contribution in [0.25, 0.3) is 0 Å². The summed E-state index contributed by atoms with van der Waals surface area (Å²) in [6.07, 6.45) is 7.33. The molecule has 0 amide bonds. The number of ether oxygens (including phenoxy) is 1. The van der Waals surface area contributed by atoms with Crippen LogP contribution in [-0.2, 0) is 9.53 Å². The van der Waals surface area contributed by atoms with Gasteiger partial charge in [-0.2, -0.15) is 4.39 Å². The number of rotatable bonds is 7. The van der Waals surface area contributed by atoms with Crippen LogP contribution in [0.15, 0.2) is 54.6 Å². The molecule has 47 heavy (non-hydrogen) atoms. The summed E-state index contributed by atoms with van der Waals surface area (Å²) >= 11 is 0. The van der Waals surface area contributed by atoms with Crippen molar-refractivity contribution in [1.82, 2.24) is 0 Å². The van der Waals surface area contributed by atoms with Gasteiger partial charge in [0, 0.05) is 37.2 Å². The minimum atomic E-state index is -0.782. The molecule has 0 radical (unpaired) electrons. The van der Waals surface area contributed by atoms with Gasteiger partial charge >= 0.3 is 11.7 Å². The van der Waals surface area contributed by atoms with Crippen LogP contribution in [0.5, 0.6) is 0 Å². The normalized spacial score (nSPS) is 14.1. The van der Waals surface area contributed by atoms with E-state index >= 15 is 0 Å². The molecule has 3 aromatic rings. The monoisotopic (exact) mass is 654 g/mol. The third-order valence-electron chi connectivity index (χ3n) is 6.70. The van der Waals surface area contributed by atoms with E-state index in [-0.39, 0.29) is 16.6 Å².